The first kappa shape index (κ1) is 54.4. The lowest BCUT2D eigenvalue weighted by atomic mass is 9.91. The molecule has 3 atom stereocenters. The van der Waals surface area contributed by atoms with Gasteiger partial charge in [-0.1, -0.05) is 59.0 Å². The van der Waals surface area contributed by atoms with Crippen molar-refractivity contribution in [2.75, 3.05) is 76.4 Å². The number of likely N-dealkylation sites (tertiary alicyclic amines) is 1. The van der Waals surface area contributed by atoms with Crippen molar-refractivity contribution in [2.24, 2.45) is 0 Å². The van der Waals surface area contributed by atoms with Crippen LogP contribution in [0.5, 0.6) is 0 Å². The maximum absolute atomic E-state index is 13.8. The van der Waals surface area contributed by atoms with Crippen molar-refractivity contribution in [3.8, 4) is 6.07 Å². The SMILES string of the molecule is COC(=O)CNCC[N+]1(C)CCC(CI)N(Cc2ccc(CC(=O)NC3CCC(NC(=O)CCC(=O)Nc4cccc5c(C(=O)NCC(=O)N6CC(F)(F)C[C@H]6C#N)ccnc45)CC3)cc2)COC(=O)C1. The van der Waals surface area contributed by atoms with E-state index in [1.165, 1.54) is 19.4 Å². The number of hydrogen-bond donors (Lipinski definition) is 5. The van der Waals surface area contributed by atoms with Crippen molar-refractivity contribution in [2.45, 2.75) is 94.4 Å². The molecule has 382 valence electrons. The Morgan fingerprint density at radius 3 is 2.32 bits per heavy atom. The number of cyclic esters (lactones) is 1. The number of aromatic nitrogens is 1. The Morgan fingerprint density at radius 1 is 0.944 bits per heavy atom. The summed E-state index contributed by atoms with van der Waals surface area (Å²) in [5, 5.41) is 24.0. The molecule has 6 rings (SSSR count). The summed E-state index contributed by atoms with van der Waals surface area (Å²) in [5.74, 6) is -6.12. The van der Waals surface area contributed by atoms with E-state index in [9.17, 15) is 47.6 Å². The van der Waals surface area contributed by atoms with E-state index in [-0.39, 0.29) is 92.0 Å². The first-order valence-electron chi connectivity index (χ1n) is 23.7. The number of carbonyl (C=O) groups excluding carboxylic acids is 7. The first-order valence-corrected chi connectivity index (χ1v) is 25.3. The van der Waals surface area contributed by atoms with E-state index < -0.39 is 49.2 Å². The van der Waals surface area contributed by atoms with Gasteiger partial charge in [-0.3, -0.25) is 38.7 Å². The fraction of sp³-hybridized carbons (Fsp3) is 0.531. The van der Waals surface area contributed by atoms with Crippen molar-refractivity contribution in [1.29, 1.82) is 5.26 Å². The smallest absolute Gasteiger partial charge is 0.363 e. The molecular formula is C49H62F2IN10O9+. The van der Waals surface area contributed by atoms with Gasteiger partial charge in [0.1, 0.15) is 12.8 Å². The second-order valence-corrected chi connectivity index (χ2v) is 19.5. The van der Waals surface area contributed by atoms with Crippen LogP contribution in [0.3, 0.4) is 0 Å². The zero-order valence-corrected chi connectivity index (χ0v) is 42.1. The van der Waals surface area contributed by atoms with Gasteiger partial charge < -0.3 is 45.4 Å². The highest BCUT2D eigenvalue weighted by Gasteiger charge is 2.47. The maximum Gasteiger partial charge on any atom is 0.363 e. The Kier molecular flexibility index (Phi) is 19.5. The van der Waals surface area contributed by atoms with E-state index in [0.717, 1.165) is 33.4 Å². The van der Waals surface area contributed by atoms with E-state index in [1.54, 1.807) is 24.3 Å². The lowest BCUT2D eigenvalue weighted by Gasteiger charge is -2.34. The molecule has 5 amide bonds. The summed E-state index contributed by atoms with van der Waals surface area (Å²) in [5.41, 5.74) is 2.61. The van der Waals surface area contributed by atoms with Crippen molar-refractivity contribution >= 4 is 80.7 Å². The Balaban J connectivity index is 0.889. The number of ether oxygens (including phenoxy) is 2. The number of carbonyl (C=O) groups is 7. The van der Waals surface area contributed by atoms with Gasteiger partial charge in [0.15, 0.2) is 6.54 Å². The molecule has 1 aromatic heterocycles. The minimum absolute atomic E-state index is 0.0345. The molecule has 19 nitrogen and oxygen atoms in total. The molecule has 3 aliphatic rings. The maximum atomic E-state index is 13.8. The number of benzene rings is 2. The van der Waals surface area contributed by atoms with Crippen LogP contribution in [0.25, 0.3) is 10.9 Å². The van der Waals surface area contributed by atoms with E-state index in [2.05, 4.69) is 59.1 Å². The van der Waals surface area contributed by atoms with E-state index in [0.29, 0.717) is 60.9 Å². The number of hydrogen-bond acceptors (Lipinski definition) is 13. The van der Waals surface area contributed by atoms with Gasteiger partial charge in [-0.2, -0.15) is 5.26 Å². The van der Waals surface area contributed by atoms with Crippen molar-refractivity contribution in [3.05, 3.63) is 71.4 Å². The average Bonchev–Trinajstić information content (AvgIpc) is 3.70. The van der Waals surface area contributed by atoms with Crippen LogP contribution in [-0.2, 0) is 51.2 Å². The Labute approximate surface area is 424 Å². The largest absolute Gasteiger partial charge is 0.468 e. The third kappa shape index (κ3) is 16.1. The second-order valence-electron chi connectivity index (χ2n) is 18.7. The Bertz CT molecular complexity index is 2450. The fourth-order valence-corrected chi connectivity index (χ4v) is 10.1. The number of amides is 5. The zero-order chi connectivity index (χ0) is 51.1. The van der Waals surface area contributed by atoms with Crippen molar-refractivity contribution < 1.29 is 56.3 Å². The number of pyridine rings is 1. The predicted molar refractivity (Wildman–Crippen MR) is 265 cm³/mol. The summed E-state index contributed by atoms with van der Waals surface area (Å²) in [6, 6.07) is 14.6. The second kappa shape index (κ2) is 25.5. The number of esters is 2. The molecule has 2 saturated heterocycles. The summed E-state index contributed by atoms with van der Waals surface area (Å²) in [7, 11) is 3.38. The van der Waals surface area contributed by atoms with Gasteiger partial charge in [0.25, 0.3) is 11.8 Å². The molecule has 5 N–H and O–H groups in total. The molecule has 0 radical (unpaired) electrons. The minimum atomic E-state index is -3.19. The van der Waals surface area contributed by atoms with Crippen LogP contribution in [0.1, 0.15) is 72.9 Å². The van der Waals surface area contributed by atoms with Crippen LogP contribution < -0.4 is 26.6 Å². The number of halogens is 3. The highest BCUT2D eigenvalue weighted by molar-refractivity contribution is 14.1. The number of rotatable bonds is 19. The standard InChI is InChI=1S/C49H61F2IN10O9/c1-62(21-19-54-27-45(67)70-2)20-17-36(24-52)60(31-71-46(68)29-62)28-33-8-6-32(7-9-33)22-43(65)58-35-12-10-34(11-13-35)57-41(63)14-15-42(64)59-40-5-3-4-38-39(16-18-55-47(38)40)48(69)56-26-44(66)61-30-49(50,51)23-37(61)25-53/h3-9,16,18,34-37,54H,10-15,17,19-24,26-31H2,1-2H3,(H3-,56,57,58,59,63,64,65,69)/p+1/t34?,35?,36?,37-,62?/m0/s1. The normalized spacial score (nSPS) is 22.4. The number of nitrogens with one attached hydrogen (secondary N) is 5. The summed E-state index contributed by atoms with van der Waals surface area (Å²) in [4.78, 5) is 96.4. The number of methoxy groups -OCH3 is 1. The summed E-state index contributed by atoms with van der Waals surface area (Å²) >= 11 is 2.38. The topological polar surface area (TPSA) is 241 Å². The highest BCUT2D eigenvalue weighted by Crippen LogP contribution is 2.32. The number of quaternary nitrogens is 1. The molecule has 0 spiro atoms. The molecule has 3 heterocycles. The monoisotopic (exact) mass is 1100 g/mol. The van der Waals surface area contributed by atoms with Crippen LogP contribution in [0.4, 0.5) is 14.5 Å². The lowest BCUT2D eigenvalue weighted by Crippen LogP contribution is -2.52. The average molecular weight is 1100 g/mol. The molecule has 2 unspecified atom stereocenters. The molecule has 3 aromatic rings. The third-order valence-electron chi connectivity index (χ3n) is 13.2. The van der Waals surface area contributed by atoms with E-state index >= 15 is 0 Å². The molecule has 2 aliphatic heterocycles. The Morgan fingerprint density at radius 2 is 1.63 bits per heavy atom. The van der Waals surface area contributed by atoms with Gasteiger partial charge in [0.05, 0.1) is 76.1 Å². The quantitative estimate of drug-likeness (QED) is 0.0382. The van der Waals surface area contributed by atoms with Gasteiger partial charge in [-0.15, -0.1) is 0 Å². The van der Waals surface area contributed by atoms with Crippen LogP contribution in [0.2, 0.25) is 0 Å². The number of nitriles is 1. The Hall–Kier alpha value is -5.90. The third-order valence-corrected chi connectivity index (χ3v) is 14.2. The molecule has 1 saturated carbocycles. The highest BCUT2D eigenvalue weighted by atomic mass is 127. The van der Waals surface area contributed by atoms with E-state index in [4.69, 9.17) is 9.47 Å². The number of likely N-dealkylation sites (N-methyl/N-ethyl adjacent to an activating group) is 1. The molecule has 1 aliphatic carbocycles. The number of anilines is 1. The van der Waals surface area contributed by atoms with Crippen LogP contribution in [-0.4, -0.2) is 162 Å². The molecular weight excluding hydrogens is 1040 g/mol. The molecule has 2 aromatic carbocycles. The number of para-hydroxylation sites is 1. The predicted octanol–water partition coefficient (Wildman–Crippen LogP) is 2.95. The van der Waals surface area contributed by atoms with E-state index in [1.807, 2.05) is 31.3 Å². The summed E-state index contributed by atoms with van der Waals surface area (Å²) in [6.07, 6.45) is 4.16. The van der Waals surface area contributed by atoms with Gasteiger partial charge in [-0.05, 0) is 48.9 Å². The number of nitrogens with zero attached hydrogens (tertiary/aromatic N) is 5. The van der Waals surface area contributed by atoms with Gasteiger partial charge >= 0.3 is 11.9 Å². The van der Waals surface area contributed by atoms with Crippen LogP contribution in [0.15, 0.2) is 54.7 Å². The van der Waals surface area contributed by atoms with Gasteiger partial charge in [-0.25, -0.2) is 13.6 Å². The lowest BCUT2D eigenvalue weighted by molar-refractivity contribution is -0.901. The molecule has 22 heteroatoms. The molecule has 71 heavy (non-hydrogen) atoms. The van der Waals surface area contributed by atoms with Gasteiger partial charge in [0, 0.05) is 72.9 Å². The summed E-state index contributed by atoms with van der Waals surface area (Å²) < 4.78 is 39.5. The first-order chi connectivity index (χ1) is 34.0. The fourth-order valence-electron chi connectivity index (χ4n) is 9.10. The minimum Gasteiger partial charge on any atom is -0.468 e. The molecule has 3 fully saturated rings. The van der Waals surface area contributed by atoms with Crippen LogP contribution in [0, 0.1) is 11.3 Å². The van der Waals surface area contributed by atoms with Crippen molar-refractivity contribution in [3.63, 3.8) is 0 Å². The van der Waals surface area contributed by atoms with Gasteiger partial charge in [0.2, 0.25) is 23.6 Å². The molecule has 0 bridgehead atoms. The van der Waals surface area contributed by atoms with Crippen molar-refractivity contribution in [1.82, 2.24) is 36.1 Å². The van der Waals surface area contributed by atoms with Crippen LogP contribution >= 0.6 is 22.6 Å². The number of alkyl halides is 3. The zero-order valence-electron chi connectivity index (χ0n) is 40.0. The number of fused-ring (bicyclic) bond motifs is 1. The summed E-state index contributed by atoms with van der Waals surface area (Å²) in [6.45, 7) is 1.60.